The molecule has 3 aromatic rings. The van der Waals surface area contributed by atoms with Crippen LogP contribution in [0.5, 0.6) is 0 Å². The summed E-state index contributed by atoms with van der Waals surface area (Å²) in [6.45, 7) is 17.0. The Labute approximate surface area is 247 Å². The maximum Gasteiger partial charge on any atom is 0.340 e. The Morgan fingerprint density at radius 1 is 0.667 bits per heavy atom. The van der Waals surface area contributed by atoms with E-state index in [1.807, 2.05) is 39.8 Å². The molecular weight excluding hydrogens is 528 g/mol. The Morgan fingerprint density at radius 3 is 1.38 bits per heavy atom. The molecule has 0 atom stereocenters. The van der Waals surface area contributed by atoms with Crippen molar-refractivity contribution in [2.24, 2.45) is 0 Å². The number of hydrogen-bond donors (Lipinski definition) is 2. The van der Waals surface area contributed by atoms with Crippen molar-refractivity contribution in [2.45, 2.75) is 91.9 Å². The predicted molar refractivity (Wildman–Crippen MR) is 165 cm³/mol. The summed E-state index contributed by atoms with van der Waals surface area (Å²) < 4.78 is 11.0. The number of aryl methyl sites for hydroxylation is 2. The van der Waals surface area contributed by atoms with Gasteiger partial charge in [-0.3, -0.25) is 9.97 Å². The molecule has 0 saturated heterocycles. The number of hydrogen-bond acceptors (Lipinski definition) is 6. The summed E-state index contributed by atoms with van der Waals surface area (Å²) in [7, 11) is 0. The standard InChI is InChI=1S/C34H42N4O4/c1-9-21-23-15-27-33(5,6)18-20(35-27)14-26-30(32(40)42-12-4)22(10-2)24(38-26)16-28-34(7,8)17-19(36-28)13-25(37-23)29(21)31(39)41-11-3/h13-16,37-38H,9-12,17-18H2,1-8H3. The number of H-pyrrole nitrogens is 2. The van der Waals surface area contributed by atoms with Crippen LogP contribution < -0.4 is 0 Å². The summed E-state index contributed by atoms with van der Waals surface area (Å²) in [6.07, 6.45) is 2.70. The second-order valence-electron chi connectivity index (χ2n) is 12.4. The molecule has 2 aliphatic rings. The molecular formula is C34H42N4O4. The molecule has 42 heavy (non-hydrogen) atoms. The van der Waals surface area contributed by atoms with Gasteiger partial charge in [0.25, 0.3) is 0 Å². The van der Waals surface area contributed by atoms with Crippen molar-refractivity contribution in [3.8, 4) is 0 Å². The minimum absolute atomic E-state index is 0.258. The number of aromatic amines is 2. The van der Waals surface area contributed by atoms with E-state index in [9.17, 15) is 9.59 Å². The van der Waals surface area contributed by atoms with E-state index in [4.69, 9.17) is 19.4 Å². The van der Waals surface area contributed by atoms with Gasteiger partial charge in [-0.1, -0.05) is 41.5 Å². The van der Waals surface area contributed by atoms with Crippen LogP contribution in [0, 0.1) is 0 Å². The number of carbonyl (C=O) groups excluding carboxylic acids is 2. The van der Waals surface area contributed by atoms with Gasteiger partial charge in [-0.25, -0.2) is 9.59 Å². The van der Waals surface area contributed by atoms with Crippen molar-refractivity contribution < 1.29 is 19.1 Å². The molecule has 0 spiro atoms. The van der Waals surface area contributed by atoms with Crippen LogP contribution in [-0.4, -0.2) is 45.1 Å². The fourth-order valence-corrected chi connectivity index (χ4v) is 6.24. The van der Waals surface area contributed by atoms with Gasteiger partial charge in [-0.2, -0.15) is 0 Å². The minimum Gasteiger partial charge on any atom is -0.462 e. The number of nitrogens with zero attached hydrogens (tertiary/aromatic N) is 2. The lowest BCUT2D eigenvalue weighted by Crippen LogP contribution is -2.15. The average molecular weight is 571 g/mol. The van der Waals surface area contributed by atoms with Crippen LogP contribution >= 0.6 is 0 Å². The Hall–Kier alpha value is -3.94. The maximum absolute atomic E-state index is 13.3. The van der Waals surface area contributed by atoms with Gasteiger partial charge in [0.1, 0.15) is 0 Å². The Morgan fingerprint density at radius 2 is 1.05 bits per heavy atom. The van der Waals surface area contributed by atoms with Gasteiger partial charge in [0.05, 0.1) is 35.4 Å². The number of nitrogens with one attached hydrogen (secondary N) is 2. The average Bonchev–Trinajstić information content (AvgIpc) is 3.60. The molecule has 0 fully saturated rings. The molecule has 0 aliphatic carbocycles. The lowest BCUT2D eigenvalue weighted by molar-refractivity contribution is 0.0518. The molecule has 5 heterocycles. The van der Waals surface area contributed by atoms with E-state index in [-0.39, 0.29) is 22.8 Å². The number of rotatable bonds is 6. The number of ether oxygens (including phenoxy) is 2. The van der Waals surface area contributed by atoms with Crippen LogP contribution in [0.15, 0.2) is 24.3 Å². The number of fused-ring (bicyclic) bond motifs is 8. The van der Waals surface area contributed by atoms with Gasteiger partial charge in [-0.05, 0) is 62.1 Å². The highest BCUT2D eigenvalue weighted by atomic mass is 16.5. The first-order valence-corrected chi connectivity index (χ1v) is 15.0. The molecule has 5 rings (SSSR count). The SMILES string of the molecule is CCOC(=O)c1c(CC)c2cc3nc(cc4[nH]c(cc5nc(cc1[nH]2)CC5(C)C)c(CC)c4C(=O)OCC)CC3(C)C. The van der Waals surface area contributed by atoms with Crippen molar-refractivity contribution in [3.05, 3.63) is 69.3 Å². The molecule has 0 saturated carbocycles. The highest BCUT2D eigenvalue weighted by molar-refractivity contribution is 6.02. The highest BCUT2D eigenvalue weighted by Crippen LogP contribution is 2.35. The van der Waals surface area contributed by atoms with Gasteiger partial charge >= 0.3 is 11.9 Å². The van der Waals surface area contributed by atoms with Crippen molar-refractivity contribution in [3.63, 3.8) is 0 Å². The smallest absolute Gasteiger partial charge is 0.340 e. The lowest BCUT2D eigenvalue weighted by atomic mass is 9.86. The van der Waals surface area contributed by atoms with E-state index < -0.39 is 0 Å². The summed E-state index contributed by atoms with van der Waals surface area (Å²) in [5.41, 5.74) is 9.05. The summed E-state index contributed by atoms with van der Waals surface area (Å²) in [4.78, 5) is 43.7. The van der Waals surface area contributed by atoms with E-state index in [0.29, 0.717) is 61.1 Å². The van der Waals surface area contributed by atoms with Gasteiger partial charge < -0.3 is 19.4 Å². The molecule has 8 nitrogen and oxygen atoms in total. The van der Waals surface area contributed by atoms with Crippen LogP contribution in [0.3, 0.4) is 0 Å². The van der Waals surface area contributed by atoms with E-state index in [1.165, 1.54) is 0 Å². The normalized spacial score (nSPS) is 15.4. The first-order chi connectivity index (χ1) is 19.9. The second kappa shape index (κ2) is 11.0. The van der Waals surface area contributed by atoms with E-state index in [1.54, 1.807) is 0 Å². The zero-order valence-corrected chi connectivity index (χ0v) is 26.1. The first kappa shape index (κ1) is 29.5. The quantitative estimate of drug-likeness (QED) is 0.314. The minimum atomic E-state index is -0.339. The number of carbonyl (C=O) groups is 2. The molecule has 8 bridgehead atoms. The van der Waals surface area contributed by atoms with Crippen LogP contribution in [0.1, 0.15) is 110 Å². The second-order valence-corrected chi connectivity index (χ2v) is 12.4. The summed E-state index contributed by atoms with van der Waals surface area (Å²) in [5, 5.41) is 0. The third kappa shape index (κ3) is 5.23. The molecule has 0 aromatic carbocycles. The molecule has 0 radical (unpaired) electrons. The van der Waals surface area contributed by atoms with Gasteiger partial charge in [0.2, 0.25) is 0 Å². The van der Waals surface area contributed by atoms with Crippen molar-refractivity contribution in [1.82, 2.24) is 19.9 Å². The predicted octanol–water partition coefficient (Wildman–Crippen LogP) is 6.83. The van der Waals surface area contributed by atoms with Crippen LogP contribution in [0.2, 0.25) is 0 Å². The topological polar surface area (TPSA) is 110 Å². The van der Waals surface area contributed by atoms with E-state index in [2.05, 4.69) is 49.8 Å². The molecule has 222 valence electrons. The lowest BCUT2D eigenvalue weighted by Gasteiger charge is -2.15. The molecule has 0 unspecified atom stereocenters. The van der Waals surface area contributed by atoms with Crippen molar-refractivity contribution >= 4 is 34.0 Å². The highest BCUT2D eigenvalue weighted by Gasteiger charge is 2.32. The Bertz CT molecular complexity index is 1600. The number of aromatic nitrogens is 4. The van der Waals surface area contributed by atoms with Gasteiger partial charge in [0.15, 0.2) is 0 Å². The van der Waals surface area contributed by atoms with Crippen LogP contribution in [0.25, 0.3) is 22.1 Å². The third-order valence-electron chi connectivity index (χ3n) is 8.34. The molecule has 2 aliphatic heterocycles. The summed E-state index contributed by atoms with van der Waals surface area (Å²) in [6, 6.07) is 8.08. The van der Waals surface area contributed by atoms with Crippen LogP contribution in [-0.2, 0) is 46.0 Å². The molecule has 3 aromatic heterocycles. The monoisotopic (exact) mass is 570 g/mol. The summed E-state index contributed by atoms with van der Waals surface area (Å²) >= 11 is 0. The fourth-order valence-electron chi connectivity index (χ4n) is 6.24. The Balaban J connectivity index is 1.96. The van der Waals surface area contributed by atoms with Crippen molar-refractivity contribution in [2.75, 3.05) is 13.2 Å². The van der Waals surface area contributed by atoms with E-state index in [0.717, 1.165) is 44.9 Å². The van der Waals surface area contributed by atoms with Crippen LogP contribution in [0.4, 0.5) is 0 Å². The van der Waals surface area contributed by atoms with E-state index >= 15 is 0 Å². The van der Waals surface area contributed by atoms with Gasteiger partial charge in [-0.15, -0.1) is 0 Å². The maximum atomic E-state index is 13.3. The molecule has 0 amide bonds. The fraction of sp³-hybridized carbons (Fsp3) is 0.471. The molecule has 8 heteroatoms. The first-order valence-electron chi connectivity index (χ1n) is 15.0. The summed E-state index contributed by atoms with van der Waals surface area (Å²) in [5.74, 6) is -0.678. The number of esters is 2. The zero-order chi connectivity index (χ0) is 30.4. The Kier molecular flexibility index (Phi) is 7.77. The van der Waals surface area contributed by atoms with Gasteiger partial charge in [0, 0.05) is 57.5 Å². The third-order valence-corrected chi connectivity index (χ3v) is 8.34. The largest absolute Gasteiger partial charge is 0.462 e. The molecule has 2 N–H and O–H groups in total. The van der Waals surface area contributed by atoms with Crippen molar-refractivity contribution in [1.29, 1.82) is 0 Å². The zero-order valence-electron chi connectivity index (χ0n) is 26.1.